The largest absolute Gasteiger partial charge is 0.481 e. The second-order valence-corrected chi connectivity index (χ2v) is 5.67. The molecule has 0 radical (unpaired) electrons. The minimum Gasteiger partial charge on any atom is -0.481 e. The number of carboxylic acids is 2. The lowest BCUT2D eigenvalue weighted by Crippen LogP contribution is -2.54. The molecule has 0 aromatic heterocycles. The van der Waals surface area contributed by atoms with Crippen molar-refractivity contribution in [3.8, 4) is 0 Å². The molecule has 1 aliphatic rings. The molecule has 3 unspecified atom stereocenters. The fraction of sp³-hybridized carbons (Fsp3) is 0.643. The van der Waals surface area contributed by atoms with E-state index in [-0.39, 0.29) is 0 Å². The lowest BCUT2D eigenvalue weighted by Gasteiger charge is -2.19. The van der Waals surface area contributed by atoms with Crippen LogP contribution in [-0.4, -0.2) is 82.8 Å². The van der Waals surface area contributed by atoms with Gasteiger partial charge in [-0.05, 0) is 19.4 Å². The fourth-order valence-electron chi connectivity index (χ4n) is 2.29. The van der Waals surface area contributed by atoms with Crippen LogP contribution in [0.3, 0.4) is 0 Å². The topological polar surface area (TPSA) is 194 Å². The fourth-order valence-corrected chi connectivity index (χ4v) is 2.29. The number of carbonyl (C=O) groups is 5. The van der Waals surface area contributed by atoms with Gasteiger partial charge in [-0.2, -0.15) is 0 Å². The Hall–Kier alpha value is -2.73. The highest BCUT2D eigenvalue weighted by atomic mass is 16.4. The number of rotatable bonds is 10. The van der Waals surface area contributed by atoms with E-state index in [1.54, 1.807) is 0 Å². The van der Waals surface area contributed by atoms with E-state index in [2.05, 4.69) is 16.0 Å². The van der Waals surface area contributed by atoms with Gasteiger partial charge in [-0.3, -0.25) is 19.2 Å². The van der Waals surface area contributed by atoms with Crippen LogP contribution in [0.2, 0.25) is 0 Å². The third kappa shape index (κ3) is 7.03. The van der Waals surface area contributed by atoms with Crippen molar-refractivity contribution in [2.45, 2.75) is 37.4 Å². The predicted octanol–water partition coefficient (Wildman–Crippen LogP) is -3.62. The summed E-state index contributed by atoms with van der Waals surface area (Å²) in [6.45, 7) is -0.658. The van der Waals surface area contributed by atoms with E-state index in [4.69, 9.17) is 10.2 Å². The van der Waals surface area contributed by atoms with Crippen LogP contribution in [0.4, 0.5) is 0 Å². The SMILES string of the molecule is O=C(O)CC(NC(=O)CNC(=O)C(CO)NC(=O)C1CCCN1)C(=O)O. The maximum absolute atomic E-state index is 11.9. The monoisotopic (exact) mass is 374 g/mol. The van der Waals surface area contributed by atoms with Gasteiger partial charge in [0.05, 0.1) is 25.6 Å². The number of aliphatic hydroxyl groups excluding tert-OH is 1. The molecule has 0 aromatic rings. The molecule has 1 saturated heterocycles. The lowest BCUT2D eigenvalue weighted by molar-refractivity contribution is -0.147. The minimum atomic E-state index is -1.64. The predicted molar refractivity (Wildman–Crippen MR) is 84.9 cm³/mol. The molecule has 3 atom stereocenters. The summed E-state index contributed by atoms with van der Waals surface area (Å²) in [6, 6.07) is -3.36. The summed E-state index contributed by atoms with van der Waals surface area (Å²) in [6.07, 6.45) is 0.599. The highest BCUT2D eigenvalue weighted by Gasteiger charge is 2.28. The van der Waals surface area contributed by atoms with Crippen LogP contribution in [-0.2, 0) is 24.0 Å². The van der Waals surface area contributed by atoms with Gasteiger partial charge in [0, 0.05) is 0 Å². The van der Waals surface area contributed by atoms with Crippen LogP contribution in [0.5, 0.6) is 0 Å². The number of aliphatic hydroxyl groups is 1. The Morgan fingerprint density at radius 2 is 1.77 bits per heavy atom. The lowest BCUT2D eigenvalue weighted by atomic mass is 10.2. The molecule has 1 fully saturated rings. The molecule has 3 amide bonds. The van der Waals surface area contributed by atoms with Gasteiger partial charge in [-0.1, -0.05) is 0 Å². The van der Waals surface area contributed by atoms with Gasteiger partial charge in [0.25, 0.3) is 0 Å². The molecule has 146 valence electrons. The smallest absolute Gasteiger partial charge is 0.326 e. The third-order valence-corrected chi connectivity index (χ3v) is 3.63. The zero-order valence-corrected chi connectivity index (χ0v) is 13.9. The summed E-state index contributed by atoms with van der Waals surface area (Å²) in [7, 11) is 0. The molecular formula is C14H22N4O8. The Bertz CT molecular complexity index is 561. The number of carboxylic acid groups (broad SMARTS) is 2. The Balaban J connectivity index is 2.46. The van der Waals surface area contributed by atoms with Crippen molar-refractivity contribution in [2.24, 2.45) is 0 Å². The normalized spacial score (nSPS) is 18.4. The minimum absolute atomic E-state index is 0.450. The van der Waals surface area contributed by atoms with Gasteiger partial charge in [0.2, 0.25) is 17.7 Å². The van der Waals surface area contributed by atoms with Gasteiger partial charge in [0.1, 0.15) is 12.1 Å². The Morgan fingerprint density at radius 1 is 1.08 bits per heavy atom. The number of aliphatic carboxylic acids is 2. The van der Waals surface area contributed by atoms with Crippen LogP contribution in [0.25, 0.3) is 0 Å². The molecule has 1 rings (SSSR count). The second kappa shape index (κ2) is 10.3. The van der Waals surface area contributed by atoms with Crippen molar-refractivity contribution in [1.29, 1.82) is 0 Å². The second-order valence-electron chi connectivity index (χ2n) is 5.67. The molecule has 7 N–H and O–H groups in total. The molecule has 12 nitrogen and oxygen atoms in total. The molecular weight excluding hydrogens is 352 g/mol. The van der Waals surface area contributed by atoms with E-state index in [1.165, 1.54) is 0 Å². The Labute approximate surface area is 148 Å². The van der Waals surface area contributed by atoms with E-state index in [0.29, 0.717) is 13.0 Å². The van der Waals surface area contributed by atoms with E-state index in [9.17, 15) is 29.1 Å². The van der Waals surface area contributed by atoms with Crippen molar-refractivity contribution >= 4 is 29.7 Å². The van der Waals surface area contributed by atoms with Gasteiger partial charge in [0.15, 0.2) is 0 Å². The highest BCUT2D eigenvalue weighted by molar-refractivity contribution is 5.93. The first kappa shape index (κ1) is 21.3. The molecule has 26 heavy (non-hydrogen) atoms. The number of nitrogens with one attached hydrogen (secondary N) is 4. The standard InChI is InChI=1S/C14H22N4O8/c19-6-9(18-13(24)7-2-1-3-15-7)12(23)16-5-10(20)17-8(14(25)26)4-11(21)22/h7-9,15,19H,1-6H2,(H,16,23)(H,17,20)(H,18,24)(H,21,22)(H,25,26). The summed E-state index contributed by atoms with van der Waals surface area (Å²) in [5.41, 5.74) is 0. The maximum Gasteiger partial charge on any atom is 0.326 e. The van der Waals surface area contributed by atoms with Gasteiger partial charge >= 0.3 is 11.9 Å². The van der Waals surface area contributed by atoms with E-state index in [0.717, 1.165) is 6.42 Å². The molecule has 12 heteroatoms. The summed E-state index contributed by atoms with van der Waals surface area (Å²) in [5, 5.41) is 36.0. The molecule has 0 bridgehead atoms. The van der Waals surface area contributed by atoms with Crippen LogP contribution in [0.15, 0.2) is 0 Å². The number of carbonyl (C=O) groups excluding carboxylic acids is 3. The van der Waals surface area contributed by atoms with Crippen molar-refractivity contribution in [1.82, 2.24) is 21.3 Å². The van der Waals surface area contributed by atoms with Crippen LogP contribution in [0, 0.1) is 0 Å². The molecule has 0 aromatic carbocycles. The molecule has 0 saturated carbocycles. The molecule has 0 spiro atoms. The first-order chi connectivity index (χ1) is 12.2. The van der Waals surface area contributed by atoms with E-state index >= 15 is 0 Å². The Morgan fingerprint density at radius 3 is 2.27 bits per heavy atom. The average molecular weight is 374 g/mol. The maximum atomic E-state index is 11.9. The first-order valence-corrected chi connectivity index (χ1v) is 7.91. The summed E-state index contributed by atoms with van der Waals surface area (Å²) < 4.78 is 0. The number of amides is 3. The molecule has 1 aliphatic heterocycles. The zero-order chi connectivity index (χ0) is 19.7. The van der Waals surface area contributed by atoms with E-state index < -0.39 is 67.4 Å². The van der Waals surface area contributed by atoms with Crippen molar-refractivity contribution in [2.75, 3.05) is 19.7 Å². The first-order valence-electron chi connectivity index (χ1n) is 7.91. The summed E-state index contributed by atoms with van der Waals surface area (Å²) in [4.78, 5) is 56.9. The van der Waals surface area contributed by atoms with Crippen molar-refractivity contribution in [3.05, 3.63) is 0 Å². The van der Waals surface area contributed by atoms with Gasteiger partial charge < -0.3 is 36.6 Å². The van der Waals surface area contributed by atoms with Crippen LogP contribution >= 0.6 is 0 Å². The number of hydrogen-bond acceptors (Lipinski definition) is 7. The number of hydrogen-bond donors (Lipinski definition) is 7. The zero-order valence-electron chi connectivity index (χ0n) is 13.9. The van der Waals surface area contributed by atoms with Crippen LogP contribution < -0.4 is 21.3 Å². The highest BCUT2D eigenvalue weighted by Crippen LogP contribution is 2.04. The summed E-state index contributed by atoms with van der Waals surface area (Å²) in [5.74, 6) is -5.15. The quantitative estimate of drug-likeness (QED) is 0.202. The van der Waals surface area contributed by atoms with Crippen molar-refractivity contribution in [3.63, 3.8) is 0 Å². The molecule has 1 heterocycles. The summed E-state index contributed by atoms with van der Waals surface area (Å²) >= 11 is 0. The van der Waals surface area contributed by atoms with Gasteiger partial charge in [-0.15, -0.1) is 0 Å². The van der Waals surface area contributed by atoms with Gasteiger partial charge in [-0.25, -0.2) is 4.79 Å². The van der Waals surface area contributed by atoms with E-state index in [1.807, 2.05) is 5.32 Å². The molecule has 0 aliphatic carbocycles. The third-order valence-electron chi connectivity index (χ3n) is 3.63. The Kier molecular flexibility index (Phi) is 8.45. The van der Waals surface area contributed by atoms with Crippen molar-refractivity contribution < 1.29 is 39.3 Å². The average Bonchev–Trinajstić information content (AvgIpc) is 3.10. The van der Waals surface area contributed by atoms with Crippen LogP contribution in [0.1, 0.15) is 19.3 Å².